The van der Waals surface area contributed by atoms with Gasteiger partial charge in [0.1, 0.15) is 0 Å². The summed E-state index contributed by atoms with van der Waals surface area (Å²) in [4.78, 5) is 0. The van der Waals surface area contributed by atoms with Crippen LogP contribution in [-0.2, 0) is 0 Å². The fourth-order valence-corrected chi connectivity index (χ4v) is 1.37. The number of hydrazine groups is 1. The highest BCUT2D eigenvalue weighted by atomic mass is 35.5. The molecule has 2 rings (SSSR count). The van der Waals surface area contributed by atoms with Gasteiger partial charge in [0.15, 0.2) is 11.6 Å². The van der Waals surface area contributed by atoms with Crippen LogP contribution >= 0.6 is 12.4 Å². The van der Waals surface area contributed by atoms with Gasteiger partial charge >= 0.3 is 0 Å². The van der Waals surface area contributed by atoms with Gasteiger partial charge in [0, 0.05) is 6.07 Å². The third-order valence-corrected chi connectivity index (χ3v) is 2.22. The van der Waals surface area contributed by atoms with Crippen molar-refractivity contribution in [2.24, 2.45) is 5.84 Å². The molecule has 0 heterocycles. The molecule has 90 valence electrons. The van der Waals surface area contributed by atoms with E-state index in [1.54, 1.807) is 12.1 Å². The van der Waals surface area contributed by atoms with Crippen molar-refractivity contribution in [1.82, 2.24) is 0 Å². The first-order valence-corrected chi connectivity index (χ1v) is 4.73. The number of halogens is 3. The second kappa shape index (κ2) is 5.61. The third-order valence-electron chi connectivity index (χ3n) is 2.22. The average molecular weight is 257 g/mol. The Bertz CT molecular complexity index is 491. The van der Waals surface area contributed by atoms with E-state index >= 15 is 0 Å². The lowest BCUT2D eigenvalue weighted by Gasteiger charge is -2.18. The zero-order chi connectivity index (χ0) is 11.5. The van der Waals surface area contributed by atoms with Crippen molar-refractivity contribution in [2.45, 2.75) is 0 Å². The minimum atomic E-state index is -0.913. The Balaban J connectivity index is 0.00000144. The second-order valence-electron chi connectivity index (χ2n) is 3.30. The smallest absolute Gasteiger partial charge is 0.160 e. The standard InChI is InChI=1S/C12H10F2N2.ClH/c13-11-7-6-10(8-12(11)14)16(15)9-4-2-1-3-5-9;/h1-8H,15H2;1H. The van der Waals surface area contributed by atoms with Gasteiger partial charge in [-0.25, -0.2) is 14.6 Å². The first kappa shape index (κ1) is 13.4. The molecule has 0 spiro atoms. The topological polar surface area (TPSA) is 29.3 Å². The summed E-state index contributed by atoms with van der Waals surface area (Å²) in [5.74, 6) is 3.98. The first-order chi connectivity index (χ1) is 7.68. The molecule has 0 atom stereocenters. The van der Waals surface area contributed by atoms with Crippen LogP contribution in [0.25, 0.3) is 0 Å². The molecule has 0 aliphatic carbocycles. The van der Waals surface area contributed by atoms with E-state index in [4.69, 9.17) is 5.84 Å². The second-order valence-corrected chi connectivity index (χ2v) is 3.30. The van der Waals surface area contributed by atoms with Gasteiger partial charge in [0.05, 0.1) is 11.4 Å². The van der Waals surface area contributed by atoms with E-state index in [2.05, 4.69) is 0 Å². The van der Waals surface area contributed by atoms with Crippen LogP contribution in [0.15, 0.2) is 48.5 Å². The van der Waals surface area contributed by atoms with Gasteiger partial charge in [0.25, 0.3) is 0 Å². The largest absolute Gasteiger partial charge is 0.280 e. The van der Waals surface area contributed by atoms with E-state index < -0.39 is 11.6 Å². The maximum Gasteiger partial charge on any atom is 0.160 e. The summed E-state index contributed by atoms with van der Waals surface area (Å²) in [6.45, 7) is 0. The fraction of sp³-hybridized carbons (Fsp3) is 0. The van der Waals surface area contributed by atoms with E-state index in [1.165, 1.54) is 11.1 Å². The Labute approximate surface area is 104 Å². The average Bonchev–Trinajstić information content (AvgIpc) is 2.33. The van der Waals surface area contributed by atoms with Crippen molar-refractivity contribution in [3.8, 4) is 0 Å². The predicted molar refractivity (Wildman–Crippen MR) is 66.4 cm³/mol. The Morgan fingerprint density at radius 3 is 2.06 bits per heavy atom. The summed E-state index contributed by atoms with van der Waals surface area (Å²) in [5.41, 5.74) is 1.10. The van der Waals surface area contributed by atoms with Gasteiger partial charge in [-0.2, -0.15) is 0 Å². The highest BCUT2D eigenvalue weighted by Gasteiger charge is 2.07. The Kier molecular flexibility index (Phi) is 4.43. The van der Waals surface area contributed by atoms with Gasteiger partial charge < -0.3 is 0 Å². The zero-order valence-electron chi connectivity index (χ0n) is 8.81. The maximum absolute atomic E-state index is 13.0. The van der Waals surface area contributed by atoms with Crippen molar-refractivity contribution in [3.05, 3.63) is 60.2 Å². The van der Waals surface area contributed by atoms with Crippen molar-refractivity contribution < 1.29 is 8.78 Å². The van der Waals surface area contributed by atoms with Gasteiger partial charge in [-0.15, -0.1) is 12.4 Å². The lowest BCUT2D eigenvalue weighted by molar-refractivity contribution is 0.508. The van der Waals surface area contributed by atoms with Crippen molar-refractivity contribution in [2.75, 3.05) is 5.01 Å². The van der Waals surface area contributed by atoms with Gasteiger partial charge in [-0.3, -0.25) is 5.01 Å². The maximum atomic E-state index is 13.0. The minimum absolute atomic E-state index is 0. The third kappa shape index (κ3) is 2.93. The van der Waals surface area contributed by atoms with Crippen LogP contribution in [0.2, 0.25) is 0 Å². The molecule has 2 N–H and O–H groups in total. The molecule has 5 heteroatoms. The molecule has 0 aromatic heterocycles. The molecule has 2 nitrogen and oxygen atoms in total. The number of hydrogen-bond acceptors (Lipinski definition) is 2. The van der Waals surface area contributed by atoms with Crippen LogP contribution < -0.4 is 10.9 Å². The highest BCUT2D eigenvalue weighted by molar-refractivity contribution is 5.85. The summed E-state index contributed by atoms with van der Waals surface area (Å²) in [6, 6.07) is 12.6. The molecule has 0 bridgehead atoms. The van der Waals surface area contributed by atoms with Gasteiger partial charge in [-0.1, -0.05) is 18.2 Å². The molecule has 0 saturated carbocycles. The Hall–Kier alpha value is -1.65. The molecule has 17 heavy (non-hydrogen) atoms. The molecular weight excluding hydrogens is 246 g/mol. The van der Waals surface area contributed by atoms with Crippen molar-refractivity contribution in [3.63, 3.8) is 0 Å². The monoisotopic (exact) mass is 256 g/mol. The molecule has 0 amide bonds. The Morgan fingerprint density at radius 1 is 0.824 bits per heavy atom. The fourth-order valence-electron chi connectivity index (χ4n) is 1.37. The van der Waals surface area contributed by atoms with E-state index in [1.807, 2.05) is 18.2 Å². The van der Waals surface area contributed by atoms with E-state index in [-0.39, 0.29) is 12.4 Å². The van der Waals surface area contributed by atoms with Gasteiger partial charge in [0.2, 0.25) is 0 Å². The number of para-hydroxylation sites is 1. The zero-order valence-corrected chi connectivity index (χ0v) is 9.62. The van der Waals surface area contributed by atoms with Crippen LogP contribution in [0.5, 0.6) is 0 Å². The molecule has 0 fully saturated rings. The van der Waals surface area contributed by atoms with E-state index in [0.29, 0.717) is 11.4 Å². The number of nitrogens with zero attached hydrogens (tertiary/aromatic N) is 1. The lowest BCUT2D eigenvalue weighted by atomic mass is 10.2. The summed E-state index contributed by atoms with van der Waals surface area (Å²) >= 11 is 0. The van der Waals surface area contributed by atoms with Crippen LogP contribution in [0.4, 0.5) is 20.2 Å². The summed E-state index contributed by atoms with van der Waals surface area (Å²) in [5, 5.41) is 1.29. The normalized spacial score (nSPS) is 9.59. The summed E-state index contributed by atoms with van der Waals surface area (Å²) < 4.78 is 25.7. The number of hydrogen-bond donors (Lipinski definition) is 1. The van der Waals surface area contributed by atoms with Crippen LogP contribution in [0.1, 0.15) is 0 Å². The SMILES string of the molecule is Cl.NN(c1ccccc1)c1ccc(F)c(F)c1. The quantitative estimate of drug-likeness (QED) is 0.659. The molecular formula is C12H11ClF2N2. The predicted octanol–water partition coefficient (Wildman–Crippen LogP) is 3.40. The summed E-state index contributed by atoms with van der Waals surface area (Å²) in [7, 11) is 0. The molecule has 0 saturated heterocycles. The van der Waals surface area contributed by atoms with Crippen LogP contribution in [-0.4, -0.2) is 0 Å². The van der Waals surface area contributed by atoms with Crippen molar-refractivity contribution in [1.29, 1.82) is 0 Å². The van der Waals surface area contributed by atoms with Crippen LogP contribution in [0, 0.1) is 11.6 Å². The molecule has 0 unspecified atom stereocenters. The molecule has 0 radical (unpaired) electrons. The minimum Gasteiger partial charge on any atom is -0.280 e. The van der Waals surface area contributed by atoms with E-state index in [9.17, 15) is 8.78 Å². The van der Waals surface area contributed by atoms with Gasteiger partial charge in [-0.05, 0) is 24.3 Å². The van der Waals surface area contributed by atoms with Crippen LogP contribution in [0.3, 0.4) is 0 Å². The number of benzene rings is 2. The van der Waals surface area contributed by atoms with Crippen molar-refractivity contribution >= 4 is 23.8 Å². The summed E-state index contributed by atoms with van der Waals surface area (Å²) in [6.07, 6.45) is 0. The highest BCUT2D eigenvalue weighted by Crippen LogP contribution is 2.22. The number of nitrogens with two attached hydrogens (primary N) is 1. The number of rotatable bonds is 2. The number of anilines is 2. The molecule has 2 aromatic carbocycles. The van der Waals surface area contributed by atoms with E-state index in [0.717, 1.165) is 12.1 Å². The molecule has 2 aromatic rings. The molecule has 0 aliphatic heterocycles. The molecule has 0 aliphatic rings. The Morgan fingerprint density at radius 2 is 1.47 bits per heavy atom. The first-order valence-electron chi connectivity index (χ1n) is 4.73. The lowest BCUT2D eigenvalue weighted by Crippen LogP contribution is -2.24.